The number of hydrogen-bond acceptors (Lipinski definition) is 5. The largest absolute Gasteiger partial charge is 0.480 e. The number of hydrogen-bond donors (Lipinski definition) is 1. The fourth-order valence-electron chi connectivity index (χ4n) is 2.28. The third-order valence-electron chi connectivity index (χ3n) is 3.31. The molecule has 2 aromatic rings. The van der Waals surface area contributed by atoms with Crippen molar-refractivity contribution in [3.8, 4) is 11.5 Å². The summed E-state index contributed by atoms with van der Waals surface area (Å²) in [5.41, 5.74) is 1.66. The zero-order chi connectivity index (χ0) is 18.2. The van der Waals surface area contributed by atoms with Gasteiger partial charge in [-0.3, -0.25) is 9.59 Å². The fraction of sp³-hybridized carbons (Fsp3) is 0.389. The molecular formula is C18H22N2O4S. The minimum absolute atomic E-state index is 0.173. The summed E-state index contributed by atoms with van der Waals surface area (Å²) in [4.78, 5) is 28.9. The average Bonchev–Trinajstić information content (AvgIpc) is 3.03. The Morgan fingerprint density at radius 1 is 1.28 bits per heavy atom. The molecule has 1 heterocycles. The summed E-state index contributed by atoms with van der Waals surface area (Å²) in [6.45, 7) is 4.08. The molecule has 0 aliphatic carbocycles. The molecule has 0 fully saturated rings. The Labute approximate surface area is 151 Å². The number of amides is 1. The Bertz CT molecular complexity index is 700. The summed E-state index contributed by atoms with van der Waals surface area (Å²) < 4.78 is 5.46. The van der Waals surface area contributed by atoms with Gasteiger partial charge >= 0.3 is 5.97 Å². The van der Waals surface area contributed by atoms with Gasteiger partial charge in [-0.25, -0.2) is 4.98 Å². The number of carbonyl (C=O) groups excluding carboxylic acids is 1. The molecule has 0 radical (unpaired) electrons. The average molecular weight is 362 g/mol. The number of rotatable bonds is 9. The summed E-state index contributed by atoms with van der Waals surface area (Å²) >= 11 is 1.40. The van der Waals surface area contributed by atoms with Crippen molar-refractivity contribution in [1.82, 2.24) is 9.88 Å². The number of thioether (sulfide) groups is 1. The molecule has 0 saturated carbocycles. The maximum absolute atomic E-state index is 12.2. The Kier molecular flexibility index (Phi) is 7.06. The Balaban J connectivity index is 1.86. The lowest BCUT2D eigenvalue weighted by atomic mass is 10.2. The lowest BCUT2D eigenvalue weighted by Crippen LogP contribution is -2.39. The highest BCUT2D eigenvalue weighted by Gasteiger charge is 2.18. The zero-order valence-corrected chi connectivity index (χ0v) is 15.2. The third kappa shape index (κ3) is 6.26. The van der Waals surface area contributed by atoms with Crippen LogP contribution in [0.5, 0.6) is 0 Å². The molecule has 6 nitrogen and oxygen atoms in total. The first-order chi connectivity index (χ1) is 12.0. The second kappa shape index (κ2) is 9.27. The highest BCUT2D eigenvalue weighted by molar-refractivity contribution is 7.99. The van der Waals surface area contributed by atoms with E-state index in [1.807, 2.05) is 44.2 Å². The van der Waals surface area contributed by atoms with Crippen LogP contribution in [0.15, 0.2) is 41.0 Å². The second-order valence-electron chi connectivity index (χ2n) is 6.06. The van der Waals surface area contributed by atoms with Crippen molar-refractivity contribution in [3.05, 3.63) is 42.3 Å². The molecule has 1 aromatic heterocycles. The number of aromatic nitrogens is 1. The molecule has 7 heteroatoms. The summed E-state index contributed by atoms with van der Waals surface area (Å²) in [6.07, 6.45) is 1.59. The lowest BCUT2D eigenvalue weighted by molar-refractivity contribution is -0.143. The van der Waals surface area contributed by atoms with Gasteiger partial charge in [0.05, 0.1) is 11.4 Å². The molecule has 1 N–H and O–H groups in total. The van der Waals surface area contributed by atoms with Crippen molar-refractivity contribution in [3.63, 3.8) is 0 Å². The van der Waals surface area contributed by atoms with Crippen LogP contribution in [0.2, 0.25) is 0 Å². The van der Waals surface area contributed by atoms with Gasteiger partial charge in [0.25, 0.3) is 0 Å². The molecule has 0 aliphatic heterocycles. The predicted molar refractivity (Wildman–Crippen MR) is 97.2 cm³/mol. The molecule has 134 valence electrons. The van der Waals surface area contributed by atoms with E-state index in [1.54, 1.807) is 6.26 Å². The fourth-order valence-corrected chi connectivity index (χ4v) is 3.08. The highest BCUT2D eigenvalue weighted by Crippen LogP contribution is 2.20. The van der Waals surface area contributed by atoms with E-state index in [0.29, 0.717) is 18.2 Å². The van der Waals surface area contributed by atoms with Crippen molar-refractivity contribution >= 4 is 23.6 Å². The van der Waals surface area contributed by atoms with Crippen LogP contribution in [-0.4, -0.2) is 45.7 Å². The molecule has 0 unspecified atom stereocenters. The first kappa shape index (κ1) is 19.1. The summed E-state index contributed by atoms with van der Waals surface area (Å²) in [6, 6.07) is 9.59. The van der Waals surface area contributed by atoms with Gasteiger partial charge in [0.2, 0.25) is 11.8 Å². The van der Waals surface area contributed by atoms with Crippen molar-refractivity contribution < 1.29 is 19.1 Å². The van der Waals surface area contributed by atoms with E-state index in [-0.39, 0.29) is 24.1 Å². The Morgan fingerprint density at radius 2 is 2.00 bits per heavy atom. The van der Waals surface area contributed by atoms with E-state index in [2.05, 4.69) is 4.98 Å². The molecule has 0 aliphatic rings. The highest BCUT2D eigenvalue weighted by atomic mass is 32.2. The quantitative estimate of drug-likeness (QED) is 0.738. The SMILES string of the molecule is CC(C)CN(CC(=O)O)C(=O)CSCc1coc(-c2ccccc2)n1. The van der Waals surface area contributed by atoms with Crippen molar-refractivity contribution in [1.29, 1.82) is 0 Å². The molecule has 2 rings (SSSR count). The van der Waals surface area contributed by atoms with E-state index in [0.717, 1.165) is 11.3 Å². The van der Waals surface area contributed by atoms with Crippen LogP contribution in [0.3, 0.4) is 0 Å². The molecule has 0 saturated heterocycles. The number of carboxylic acids is 1. The smallest absolute Gasteiger partial charge is 0.323 e. The van der Waals surface area contributed by atoms with Gasteiger partial charge in [-0.15, -0.1) is 11.8 Å². The van der Waals surface area contributed by atoms with Gasteiger partial charge < -0.3 is 14.4 Å². The van der Waals surface area contributed by atoms with Gasteiger partial charge in [0.1, 0.15) is 12.8 Å². The van der Waals surface area contributed by atoms with E-state index < -0.39 is 5.97 Å². The monoisotopic (exact) mass is 362 g/mol. The topological polar surface area (TPSA) is 83.6 Å². The van der Waals surface area contributed by atoms with E-state index >= 15 is 0 Å². The van der Waals surface area contributed by atoms with Crippen LogP contribution in [0.1, 0.15) is 19.5 Å². The summed E-state index contributed by atoms with van der Waals surface area (Å²) in [7, 11) is 0. The van der Waals surface area contributed by atoms with Crippen LogP contribution in [-0.2, 0) is 15.3 Å². The molecule has 0 bridgehead atoms. The number of oxazole rings is 1. The first-order valence-electron chi connectivity index (χ1n) is 8.03. The maximum atomic E-state index is 12.2. The second-order valence-corrected chi connectivity index (χ2v) is 7.05. The van der Waals surface area contributed by atoms with Gasteiger partial charge in [0, 0.05) is 17.9 Å². The normalized spacial score (nSPS) is 10.8. The number of benzene rings is 1. The number of nitrogens with zero attached hydrogens (tertiary/aromatic N) is 2. The van der Waals surface area contributed by atoms with Crippen LogP contribution in [0.25, 0.3) is 11.5 Å². The minimum atomic E-state index is -0.997. The molecular weight excluding hydrogens is 340 g/mol. The van der Waals surface area contributed by atoms with Crippen molar-refractivity contribution in [2.24, 2.45) is 5.92 Å². The molecule has 25 heavy (non-hydrogen) atoms. The number of carbonyl (C=O) groups is 2. The predicted octanol–water partition coefficient (Wildman–Crippen LogP) is 3.14. The molecule has 1 aromatic carbocycles. The van der Waals surface area contributed by atoms with E-state index in [4.69, 9.17) is 9.52 Å². The van der Waals surface area contributed by atoms with Gasteiger partial charge in [-0.05, 0) is 18.1 Å². The Morgan fingerprint density at radius 3 is 2.64 bits per heavy atom. The summed E-state index contributed by atoms with van der Waals surface area (Å²) in [5.74, 6) is 0.348. The lowest BCUT2D eigenvalue weighted by Gasteiger charge is -2.22. The Hall–Kier alpha value is -2.28. The molecule has 0 atom stereocenters. The number of carboxylic acid groups (broad SMARTS) is 1. The van der Waals surface area contributed by atoms with Crippen molar-refractivity contribution in [2.45, 2.75) is 19.6 Å². The first-order valence-corrected chi connectivity index (χ1v) is 9.18. The summed E-state index contributed by atoms with van der Waals surface area (Å²) in [5, 5.41) is 8.94. The third-order valence-corrected chi connectivity index (χ3v) is 4.26. The van der Waals surface area contributed by atoms with Gasteiger partial charge in [-0.2, -0.15) is 0 Å². The van der Waals surface area contributed by atoms with E-state index in [9.17, 15) is 9.59 Å². The standard InChI is InChI=1S/C18H22N2O4S/c1-13(2)8-20(9-17(22)23)16(21)12-25-11-15-10-24-18(19-15)14-6-4-3-5-7-14/h3-7,10,13H,8-9,11-12H2,1-2H3,(H,22,23). The van der Waals surface area contributed by atoms with Crippen LogP contribution < -0.4 is 0 Å². The number of aliphatic carboxylic acids is 1. The molecule has 1 amide bonds. The van der Waals surface area contributed by atoms with Gasteiger partial charge in [0.15, 0.2) is 0 Å². The minimum Gasteiger partial charge on any atom is -0.480 e. The van der Waals surface area contributed by atoms with Crippen LogP contribution in [0, 0.1) is 5.92 Å². The molecule has 0 spiro atoms. The van der Waals surface area contributed by atoms with E-state index in [1.165, 1.54) is 16.7 Å². The van der Waals surface area contributed by atoms with Gasteiger partial charge in [-0.1, -0.05) is 32.0 Å². The van der Waals surface area contributed by atoms with Crippen LogP contribution >= 0.6 is 11.8 Å². The van der Waals surface area contributed by atoms with Crippen LogP contribution in [0.4, 0.5) is 0 Å². The zero-order valence-electron chi connectivity index (χ0n) is 14.3. The maximum Gasteiger partial charge on any atom is 0.323 e. The van der Waals surface area contributed by atoms with Crippen molar-refractivity contribution in [2.75, 3.05) is 18.8 Å².